The summed E-state index contributed by atoms with van der Waals surface area (Å²) in [5, 5.41) is 2.85. The van der Waals surface area contributed by atoms with E-state index in [0.717, 1.165) is 22.9 Å². The quantitative estimate of drug-likeness (QED) is 0.789. The summed E-state index contributed by atoms with van der Waals surface area (Å²) >= 11 is 3.46. The summed E-state index contributed by atoms with van der Waals surface area (Å²) in [4.78, 5) is 11.9. The highest BCUT2D eigenvalue weighted by atomic mass is 79.9. The Kier molecular flexibility index (Phi) is 7.18. The number of carbonyl (C=O) groups excluding carboxylic acids is 1. The number of rotatable bonds is 7. The molecule has 0 spiro atoms. The lowest BCUT2D eigenvalue weighted by atomic mass is 10.0. The van der Waals surface area contributed by atoms with Crippen LogP contribution in [0.25, 0.3) is 0 Å². The minimum Gasteiger partial charge on any atom is -0.481 e. The number of hydrogen-bond acceptors (Lipinski definition) is 3. The van der Waals surface area contributed by atoms with Crippen LogP contribution in [-0.4, -0.2) is 24.1 Å². The number of ether oxygens (including phenoxy) is 1. The maximum absolute atomic E-state index is 11.9. The van der Waals surface area contributed by atoms with Crippen LogP contribution < -0.4 is 15.8 Å². The van der Waals surface area contributed by atoms with Crippen molar-refractivity contribution >= 4 is 21.8 Å². The van der Waals surface area contributed by atoms with Gasteiger partial charge in [0, 0.05) is 16.6 Å². The van der Waals surface area contributed by atoms with Gasteiger partial charge in [0.15, 0.2) is 6.10 Å². The van der Waals surface area contributed by atoms with E-state index in [0.29, 0.717) is 5.75 Å². The zero-order valence-electron chi connectivity index (χ0n) is 13.2. The molecule has 0 aliphatic carbocycles. The molecular weight excluding hydrogens is 332 g/mol. The molecule has 0 aliphatic rings. The first kappa shape index (κ1) is 18.0. The Labute approximate surface area is 135 Å². The Hall–Kier alpha value is -1.07. The van der Waals surface area contributed by atoms with Crippen LogP contribution in [0.4, 0.5) is 0 Å². The van der Waals surface area contributed by atoms with Crippen LogP contribution in [0.2, 0.25) is 0 Å². The Morgan fingerprint density at radius 2 is 2.05 bits per heavy atom. The van der Waals surface area contributed by atoms with Crippen molar-refractivity contribution in [2.24, 2.45) is 5.73 Å². The van der Waals surface area contributed by atoms with Crippen LogP contribution in [0.1, 0.15) is 39.7 Å². The Bertz CT molecular complexity index is 477. The Morgan fingerprint density at radius 1 is 1.38 bits per heavy atom. The molecule has 1 aromatic rings. The van der Waals surface area contributed by atoms with Gasteiger partial charge in [0.1, 0.15) is 5.75 Å². The van der Waals surface area contributed by atoms with Crippen LogP contribution in [0, 0.1) is 0 Å². The van der Waals surface area contributed by atoms with Crippen molar-refractivity contribution in [3.05, 3.63) is 28.2 Å². The number of hydrogen-bond donors (Lipinski definition) is 2. The molecule has 2 unspecified atom stereocenters. The van der Waals surface area contributed by atoms with E-state index in [2.05, 4.69) is 28.2 Å². The van der Waals surface area contributed by atoms with E-state index >= 15 is 0 Å². The van der Waals surface area contributed by atoms with E-state index in [-0.39, 0.29) is 18.0 Å². The molecule has 1 rings (SSSR count). The van der Waals surface area contributed by atoms with Gasteiger partial charge in [-0.1, -0.05) is 22.9 Å². The lowest BCUT2D eigenvalue weighted by Crippen LogP contribution is -2.40. The molecule has 1 amide bonds. The van der Waals surface area contributed by atoms with Crippen molar-refractivity contribution < 1.29 is 9.53 Å². The van der Waals surface area contributed by atoms with Gasteiger partial charge >= 0.3 is 0 Å². The smallest absolute Gasteiger partial charge is 0.260 e. The molecule has 0 aliphatic heterocycles. The third-order valence-electron chi connectivity index (χ3n) is 3.13. The summed E-state index contributed by atoms with van der Waals surface area (Å²) in [6.45, 7) is 7.66. The van der Waals surface area contributed by atoms with E-state index in [1.165, 1.54) is 0 Å². The minimum absolute atomic E-state index is 0.0847. The fraction of sp³-hybridized carbons (Fsp3) is 0.562. The van der Waals surface area contributed by atoms with Gasteiger partial charge in [-0.05, 0) is 57.4 Å². The second-order valence-corrected chi connectivity index (χ2v) is 6.46. The lowest BCUT2D eigenvalue weighted by Gasteiger charge is -2.20. The average Bonchev–Trinajstić information content (AvgIpc) is 2.40. The van der Waals surface area contributed by atoms with Crippen LogP contribution in [0.5, 0.6) is 5.75 Å². The van der Waals surface area contributed by atoms with Gasteiger partial charge in [-0.15, -0.1) is 0 Å². The summed E-state index contributed by atoms with van der Waals surface area (Å²) in [6.07, 6.45) is 1.09. The number of nitrogens with one attached hydrogen (secondary N) is 1. The molecular formula is C16H25BrN2O2. The third kappa shape index (κ3) is 6.06. The SMILES string of the molecule is CCC(N)Cc1cc(Br)ccc1OC(C)C(=O)NC(C)C. The molecule has 4 nitrogen and oxygen atoms in total. The van der Waals surface area contributed by atoms with E-state index in [9.17, 15) is 4.79 Å². The topological polar surface area (TPSA) is 64.3 Å². The highest BCUT2D eigenvalue weighted by molar-refractivity contribution is 9.10. The molecule has 0 saturated carbocycles. The summed E-state index contributed by atoms with van der Waals surface area (Å²) in [5.41, 5.74) is 7.05. The highest BCUT2D eigenvalue weighted by Gasteiger charge is 2.17. The van der Waals surface area contributed by atoms with Crippen LogP contribution in [-0.2, 0) is 11.2 Å². The first-order chi connectivity index (χ1) is 9.83. The first-order valence-corrected chi connectivity index (χ1v) is 8.13. The molecule has 0 bridgehead atoms. The van der Waals surface area contributed by atoms with Crippen molar-refractivity contribution in [2.45, 2.75) is 58.7 Å². The average molecular weight is 357 g/mol. The van der Waals surface area contributed by atoms with Crippen molar-refractivity contribution in [2.75, 3.05) is 0 Å². The standard InChI is InChI=1S/C16H25BrN2O2/c1-5-14(18)9-12-8-13(17)6-7-15(12)21-11(4)16(20)19-10(2)3/h6-8,10-11,14H,5,9,18H2,1-4H3,(H,19,20). The van der Waals surface area contributed by atoms with E-state index in [4.69, 9.17) is 10.5 Å². The molecule has 0 aromatic heterocycles. The number of nitrogens with two attached hydrogens (primary N) is 1. The van der Waals surface area contributed by atoms with Crippen LogP contribution in [0.3, 0.4) is 0 Å². The second-order valence-electron chi connectivity index (χ2n) is 5.55. The first-order valence-electron chi connectivity index (χ1n) is 7.34. The lowest BCUT2D eigenvalue weighted by molar-refractivity contribution is -0.127. The molecule has 2 atom stereocenters. The van der Waals surface area contributed by atoms with Crippen molar-refractivity contribution in [3.63, 3.8) is 0 Å². The number of halogens is 1. The third-order valence-corrected chi connectivity index (χ3v) is 3.63. The fourth-order valence-corrected chi connectivity index (χ4v) is 2.30. The molecule has 0 radical (unpaired) electrons. The molecule has 118 valence electrons. The molecule has 5 heteroatoms. The molecule has 0 saturated heterocycles. The van der Waals surface area contributed by atoms with Gasteiger partial charge in [-0.2, -0.15) is 0 Å². The second kappa shape index (κ2) is 8.39. The van der Waals surface area contributed by atoms with Crippen LogP contribution in [0.15, 0.2) is 22.7 Å². The minimum atomic E-state index is -0.537. The molecule has 3 N–H and O–H groups in total. The van der Waals surface area contributed by atoms with Crippen molar-refractivity contribution in [1.82, 2.24) is 5.32 Å². The van der Waals surface area contributed by atoms with Crippen molar-refractivity contribution in [3.8, 4) is 5.75 Å². The van der Waals surface area contributed by atoms with Gasteiger partial charge in [0.25, 0.3) is 5.91 Å². The van der Waals surface area contributed by atoms with Crippen molar-refractivity contribution in [1.29, 1.82) is 0 Å². The zero-order valence-corrected chi connectivity index (χ0v) is 14.7. The van der Waals surface area contributed by atoms with Gasteiger partial charge in [-0.3, -0.25) is 4.79 Å². The Balaban J connectivity index is 2.84. The van der Waals surface area contributed by atoms with Gasteiger partial charge in [-0.25, -0.2) is 0 Å². The maximum atomic E-state index is 11.9. The summed E-state index contributed by atoms with van der Waals surface area (Å²) in [7, 11) is 0. The van der Waals surface area contributed by atoms with E-state index < -0.39 is 6.10 Å². The summed E-state index contributed by atoms with van der Waals surface area (Å²) in [5.74, 6) is 0.604. The number of amides is 1. The number of benzene rings is 1. The number of carbonyl (C=O) groups is 1. The summed E-state index contributed by atoms with van der Waals surface area (Å²) in [6, 6.07) is 5.96. The van der Waals surface area contributed by atoms with Crippen LogP contribution >= 0.6 is 15.9 Å². The largest absolute Gasteiger partial charge is 0.481 e. The molecule has 1 aromatic carbocycles. The van der Waals surface area contributed by atoms with Gasteiger partial charge in [0.05, 0.1) is 0 Å². The van der Waals surface area contributed by atoms with E-state index in [1.807, 2.05) is 32.0 Å². The van der Waals surface area contributed by atoms with Gasteiger partial charge in [0.2, 0.25) is 0 Å². The predicted octanol–water partition coefficient (Wildman–Crippen LogP) is 3.02. The highest BCUT2D eigenvalue weighted by Crippen LogP contribution is 2.25. The van der Waals surface area contributed by atoms with Gasteiger partial charge < -0.3 is 15.8 Å². The zero-order chi connectivity index (χ0) is 16.0. The molecule has 21 heavy (non-hydrogen) atoms. The van der Waals surface area contributed by atoms with E-state index in [1.54, 1.807) is 6.92 Å². The predicted molar refractivity (Wildman–Crippen MR) is 89.5 cm³/mol. The maximum Gasteiger partial charge on any atom is 0.260 e. The summed E-state index contributed by atoms with van der Waals surface area (Å²) < 4.78 is 6.80. The molecule has 0 heterocycles. The molecule has 0 fully saturated rings. The Morgan fingerprint density at radius 3 is 2.62 bits per heavy atom. The fourth-order valence-electron chi connectivity index (χ4n) is 1.90. The normalized spacial score (nSPS) is 13.9. The monoisotopic (exact) mass is 356 g/mol.